The molecule has 8 nitrogen and oxygen atoms in total. The van der Waals surface area contributed by atoms with E-state index in [1.54, 1.807) is 24.0 Å². The van der Waals surface area contributed by atoms with Gasteiger partial charge in [0.1, 0.15) is 24.2 Å². The summed E-state index contributed by atoms with van der Waals surface area (Å²) in [7, 11) is -0.695. The molecule has 2 amide bonds. The molecule has 0 radical (unpaired) electrons. The van der Waals surface area contributed by atoms with Crippen molar-refractivity contribution in [2.75, 3.05) is 11.9 Å². The Hall–Kier alpha value is -4.12. The molecular formula is C28H29F2N5O3Si. The normalized spacial score (nSPS) is 15.3. The number of amides is 2. The molecule has 202 valence electrons. The van der Waals surface area contributed by atoms with E-state index in [0.717, 1.165) is 23.0 Å². The van der Waals surface area contributed by atoms with Gasteiger partial charge in [0.15, 0.2) is 0 Å². The molecule has 0 spiro atoms. The Labute approximate surface area is 224 Å². The van der Waals surface area contributed by atoms with E-state index in [-0.39, 0.29) is 35.4 Å². The lowest BCUT2D eigenvalue weighted by Crippen LogP contribution is -2.48. The van der Waals surface area contributed by atoms with Gasteiger partial charge < -0.3 is 14.8 Å². The van der Waals surface area contributed by atoms with E-state index in [1.807, 2.05) is 43.9 Å². The van der Waals surface area contributed by atoms with Crippen LogP contribution in [0.5, 0.6) is 0 Å². The summed E-state index contributed by atoms with van der Waals surface area (Å²) >= 11 is 0. The molecule has 0 fully saturated rings. The number of carbonyl (C=O) groups excluding carboxylic acids is 2. The fraction of sp³-hybridized carbons (Fsp3) is 0.286. The van der Waals surface area contributed by atoms with Crippen LogP contribution in [0.15, 0.2) is 59.5 Å². The van der Waals surface area contributed by atoms with Crippen molar-refractivity contribution >= 4 is 41.7 Å². The number of pyridine rings is 1. The zero-order valence-corrected chi connectivity index (χ0v) is 23.2. The number of rotatable bonds is 5. The highest BCUT2D eigenvalue weighted by atomic mass is 28.3. The minimum absolute atomic E-state index is 0.0422. The second kappa shape index (κ2) is 9.88. The summed E-state index contributed by atoms with van der Waals surface area (Å²) in [5.74, 6) is -2.41. The van der Waals surface area contributed by atoms with Crippen molar-refractivity contribution in [3.63, 3.8) is 0 Å². The first kappa shape index (κ1) is 26.5. The number of anilines is 1. The molecular weight excluding hydrogens is 520 g/mol. The van der Waals surface area contributed by atoms with E-state index in [0.29, 0.717) is 17.7 Å². The lowest BCUT2D eigenvalue weighted by Gasteiger charge is -2.37. The van der Waals surface area contributed by atoms with Crippen molar-refractivity contribution in [2.24, 2.45) is 7.05 Å². The van der Waals surface area contributed by atoms with E-state index in [2.05, 4.69) is 10.4 Å². The molecule has 5 rings (SSSR count). The lowest BCUT2D eigenvalue weighted by atomic mass is 9.95. The number of fused-ring (bicyclic) bond motifs is 2. The van der Waals surface area contributed by atoms with Gasteiger partial charge in [0, 0.05) is 53.6 Å². The molecule has 4 aromatic rings. The summed E-state index contributed by atoms with van der Waals surface area (Å²) in [5.41, 5.74) is 1.61. The van der Waals surface area contributed by atoms with Crippen LogP contribution in [0.3, 0.4) is 0 Å². The van der Waals surface area contributed by atoms with Crippen LogP contribution in [0.25, 0.3) is 10.9 Å². The first-order valence-corrected chi connectivity index (χ1v) is 16.1. The number of nitrogens with one attached hydrogen (secondary N) is 1. The predicted octanol–water partition coefficient (Wildman–Crippen LogP) is 3.32. The Morgan fingerprint density at radius 2 is 1.77 bits per heavy atom. The van der Waals surface area contributed by atoms with Gasteiger partial charge in [-0.1, -0.05) is 37.8 Å². The van der Waals surface area contributed by atoms with Gasteiger partial charge in [-0.25, -0.2) is 8.78 Å². The number of halogens is 2. The van der Waals surface area contributed by atoms with Crippen LogP contribution in [-0.2, 0) is 29.6 Å². The summed E-state index contributed by atoms with van der Waals surface area (Å²) in [6.07, 6.45) is 2.03. The first-order valence-electron chi connectivity index (χ1n) is 12.6. The number of hydrogen-bond acceptors (Lipinski definition) is 4. The SMILES string of the molecule is Cn1c2c(ccc1=O)C(C(=O)Nc1cc(F)c([Si](C)(C)C)c(F)c1)N(C(=O)Cn1ncc3ccccc31)CC2. The van der Waals surface area contributed by atoms with Gasteiger partial charge in [0.05, 0.1) is 19.8 Å². The molecule has 2 aromatic heterocycles. The molecule has 1 aliphatic rings. The van der Waals surface area contributed by atoms with E-state index in [1.165, 1.54) is 15.5 Å². The van der Waals surface area contributed by atoms with Crippen molar-refractivity contribution in [3.8, 4) is 0 Å². The van der Waals surface area contributed by atoms with Crippen LogP contribution >= 0.6 is 0 Å². The number of hydrogen-bond donors (Lipinski definition) is 1. The molecule has 0 saturated carbocycles. The summed E-state index contributed by atoms with van der Waals surface area (Å²) in [4.78, 5) is 41.0. The monoisotopic (exact) mass is 549 g/mol. The van der Waals surface area contributed by atoms with Crippen LogP contribution < -0.4 is 16.1 Å². The summed E-state index contributed by atoms with van der Waals surface area (Å²) in [6.45, 7) is 5.58. The zero-order valence-electron chi connectivity index (χ0n) is 22.2. The van der Waals surface area contributed by atoms with E-state index in [4.69, 9.17) is 0 Å². The molecule has 1 unspecified atom stereocenters. The topological polar surface area (TPSA) is 89.2 Å². The Morgan fingerprint density at radius 3 is 2.46 bits per heavy atom. The third-order valence-electron chi connectivity index (χ3n) is 7.13. The smallest absolute Gasteiger partial charge is 0.251 e. The van der Waals surface area contributed by atoms with E-state index < -0.39 is 31.7 Å². The van der Waals surface area contributed by atoms with Crippen LogP contribution in [-0.4, -0.2) is 45.7 Å². The van der Waals surface area contributed by atoms with Crippen molar-refractivity contribution in [1.82, 2.24) is 19.2 Å². The standard InChI is InChI=1S/C28H29F2N5O3Si/c1-33-23-11-12-34(25(37)16-35-22-8-6-5-7-17(22)15-31-35)26(19(23)9-10-24(33)36)28(38)32-18-13-20(29)27(21(30)14-18)39(2,3)4/h5-10,13-15,26H,11-12,16H2,1-4H3,(H,32,38). The Kier molecular flexibility index (Phi) is 6.71. The molecule has 0 bridgehead atoms. The molecule has 0 saturated heterocycles. The average Bonchev–Trinajstić information content (AvgIpc) is 3.27. The molecule has 1 atom stereocenters. The largest absolute Gasteiger partial charge is 0.324 e. The number of benzene rings is 2. The van der Waals surface area contributed by atoms with Gasteiger partial charge in [-0.3, -0.25) is 19.1 Å². The Bertz CT molecular complexity index is 1650. The molecule has 3 heterocycles. The van der Waals surface area contributed by atoms with Gasteiger partial charge >= 0.3 is 0 Å². The van der Waals surface area contributed by atoms with Gasteiger partial charge in [0.2, 0.25) is 11.5 Å². The van der Waals surface area contributed by atoms with E-state index >= 15 is 0 Å². The van der Waals surface area contributed by atoms with Crippen LogP contribution in [0.1, 0.15) is 17.3 Å². The third kappa shape index (κ3) is 4.89. The number of nitrogens with zero attached hydrogens (tertiary/aromatic N) is 4. The maximum absolute atomic E-state index is 14.9. The minimum Gasteiger partial charge on any atom is -0.324 e. The number of aromatic nitrogens is 3. The second-order valence-electron chi connectivity index (χ2n) is 10.8. The van der Waals surface area contributed by atoms with Crippen LogP contribution in [0.4, 0.5) is 14.5 Å². The van der Waals surface area contributed by atoms with E-state index in [9.17, 15) is 23.2 Å². The number of carbonyl (C=O) groups is 2. The maximum Gasteiger partial charge on any atom is 0.251 e. The van der Waals surface area contributed by atoms with Crippen molar-refractivity contribution in [3.05, 3.63) is 88.0 Å². The van der Waals surface area contributed by atoms with Crippen molar-refractivity contribution in [2.45, 2.75) is 38.6 Å². The maximum atomic E-state index is 14.9. The highest BCUT2D eigenvalue weighted by Gasteiger charge is 2.37. The fourth-order valence-electron chi connectivity index (χ4n) is 5.27. The Balaban J connectivity index is 1.50. The third-order valence-corrected chi connectivity index (χ3v) is 9.11. The summed E-state index contributed by atoms with van der Waals surface area (Å²) < 4.78 is 32.9. The van der Waals surface area contributed by atoms with Gasteiger partial charge in [0.25, 0.3) is 5.91 Å². The lowest BCUT2D eigenvalue weighted by molar-refractivity contribution is -0.140. The fourth-order valence-corrected chi connectivity index (χ4v) is 6.85. The zero-order chi connectivity index (χ0) is 28.1. The average molecular weight is 550 g/mol. The van der Waals surface area contributed by atoms with Crippen LogP contribution in [0.2, 0.25) is 19.6 Å². The molecule has 0 aliphatic carbocycles. The predicted molar refractivity (Wildman–Crippen MR) is 148 cm³/mol. The van der Waals surface area contributed by atoms with Crippen molar-refractivity contribution in [1.29, 1.82) is 0 Å². The quantitative estimate of drug-likeness (QED) is 0.387. The minimum atomic E-state index is -2.31. The summed E-state index contributed by atoms with van der Waals surface area (Å²) in [5, 5.41) is 7.88. The highest BCUT2D eigenvalue weighted by molar-refractivity contribution is 6.88. The second-order valence-corrected chi connectivity index (χ2v) is 15.8. The van der Waals surface area contributed by atoms with Gasteiger partial charge in [-0.15, -0.1) is 0 Å². The first-order chi connectivity index (χ1) is 18.5. The molecule has 39 heavy (non-hydrogen) atoms. The molecule has 1 aliphatic heterocycles. The van der Waals surface area contributed by atoms with Gasteiger partial charge in [-0.2, -0.15) is 5.10 Å². The molecule has 2 aromatic carbocycles. The summed E-state index contributed by atoms with van der Waals surface area (Å²) in [6, 6.07) is 11.5. The van der Waals surface area contributed by atoms with Crippen LogP contribution in [0, 0.1) is 11.6 Å². The highest BCUT2D eigenvalue weighted by Crippen LogP contribution is 2.31. The molecule has 11 heteroatoms. The molecule has 1 N–H and O–H groups in total. The Morgan fingerprint density at radius 1 is 1.08 bits per heavy atom. The van der Waals surface area contributed by atoms with Crippen molar-refractivity contribution < 1.29 is 18.4 Å². The van der Waals surface area contributed by atoms with Gasteiger partial charge in [-0.05, 0) is 24.3 Å². The number of para-hydroxylation sites is 1.